The second-order valence-electron chi connectivity index (χ2n) is 4.19. The molecule has 0 aromatic heterocycles. The summed E-state index contributed by atoms with van der Waals surface area (Å²) in [6.45, 7) is -4.35. The summed E-state index contributed by atoms with van der Waals surface area (Å²) in [5.74, 6) is 0.950. The Bertz CT molecular complexity index is 769. The number of nitrogens with zero attached hydrogens (tertiary/aromatic N) is 2. The van der Waals surface area contributed by atoms with Crippen LogP contribution in [0.4, 0.5) is 0 Å². The highest BCUT2D eigenvalue weighted by Gasteiger charge is 2.30. The van der Waals surface area contributed by atoms with Crippen LogP contribution in [0, 0.1) is 11.3 Å². The van der Waals surface area contributed by atoms with E-state index in [4.69, 9.17) is 8.94 Å². The third-order valence-electron chi connectivity index (χ3n) is 2.67. The minimum absolute atomic E-state index is 0.0931. The fourth-order valence-corrected chi connectivity index (χ4v) is 10.3. The summed E-state index contributed by atoms with van der Waals surface area (Å²) in [5, 5.41) is 13.0. The Balaban J connectivity index is 3.34. The first kappa shape index (κ1) is 22.0. The molecule has 0 fully saturated rings. The topological polar surface area (TPSA) is 115 Å². The van der Waals surface area contributed by atoms with Gasteiger partial charge in [-0.2, -0.15) is 5.26 Å². The van der Waals surface area contributed by atoms with Gasteiger partial charge in [0.2, 0.25) is 0 Å². The van der Waals surface area contributed by atoms with Gasteiger partial charge in [0, 0.05) is 10.0 Å². The van der Waals surface area contributed by atoms with Gasteiger partial charge in [-0.3, -0.25) is 0 Å². The first-order valence-corrected chi connectivity index (χ1v) is 13.8. The average molecular weight is 475 g/mol. The lowest BCUT2D eigenvalue weighted by molar-refractivity contribution is 0.254. The van der Waals surface area contributed by atoms with E-state index in [0.717, 1.165) is 0 Å². The smallest absolute Gasteiger partial charge is 0.324 e. The highest BCUT2D eigenvalue weighted by Crippen LogP contribution is 2.61. The highest BCUT2D eigenvalue weighted by atomic mass is 79.9. The maximum absolute atomic E-state index is 10.7. The van der Waals surface area contributed by atoms with Crippen molar-refractivity contribution >= 4 is 57.0 Å². The third kappa shape index (κ3) is 6.34. The molecule has 1 rings (SSSR count). The van der Waals surface area contributed by atoms with Gasteiger partial charge in [0.15, 0.2) is 5.71 Å². The Kier molecular flexibility index (Phi) is 8.77. The molecule has 0 spiro atoms. The monoisotopic (exact) mass is 474 g/mol. The van der Waals surface area contributed by atoms with Crippen molar-refractivity contribution in [2.75, 3.05) is 11.5 Å². The predicted octanol–water partition coefficient (Wildman–Crippen LogP) is 3.25. The summed E-state index contributed by atoms with van der Waals surface area (Å²) >= 11 is 7.74. The van der Waals surface area contributed by atoms with Crippen molar-refractivity contribution in [2.24, 2.45) is 5.16 Å². The molecule has 1 aromatic carbocycles. The molecule has 0 aliphatic carbocycles. The molecular formula is C12H17BrN2O5P2S2. The highest BCUT2D eigenvalue weighted by molar-refractivity contribution is 9.10. The number of hydrogen-bond acceptors (Lipinski definition) is 5. The summed E-state index contributed by atoms with van der Waals surface area (Å²) in [4.78, 5) is 29.5. The van der Waals surface area contributed by atoms with Crippen LogP contribution in [0.1, 0.15) is 19.4 Å². The van der Waals surface area contributed by atoms with E-state index in [2.05, 4.69) is 32.9 Å². The maximum atomic E-state index is 10.7. The van der Waals surface area contributed by atoms with Gasteiger partial charge in [-0.1, -0.05) is 53.1 Å². The Labute approximate surface area is 156 Å². The van der Waals surface area contributed by atoms with E-state index in [-0.39, 0.29) is 5.71 Å². The minimum atomic E-state index is -4.16. The van der Waals surface area contributed by atoms with Gasteiger partial charge in [0.1, 0.15) is 6.07 Å². The van der Waals surface area contributed by atoms with Gasteiger partial charge in [-0.05, 0) is 29.4 Å². The fraction of sp³-hybridized carbons (Fsp3) is 0.333. The van der Waals surface area contributed by atoms with Gasteiger partial charge in [-0.15, -0.1) is 10.1 Å². The Morgan fingerprint density at radius 3 is 2.38 bits per heavy atom. The van der Waals surface area contributed by atoms with Crippen LogP contribution in [-0.2, 0) is 30.8 Å². The molecule has 7 nitrogen and oxygen atoms in total. The Morgan fingerprint density at radius 1 is 1.33 bits per heavy atom. The van der Waals surface area contributed by atoms with Crippen molar-refractivity contribution in [1.29, 1.82) is 5.26 Å². The maximum Gasteiger partial charge on any atom is 0.365 e. The lowest BCUT2D eigenvalue weighted by Gasteiger charge is -2.23. The Hall–Kier alpha value is -0.0700. The van der Waals surface area contributed by atoms with Gasteiger partial charge < -0.3 is 19.3 Å². The predicted molar refractivity (Wildman–Crippen MR) is 105 cm³/mol. The molecule has 24 heavy (non-hydrogen) atoms. The SMILES string of the molecule is CCS(CC)=P(O)(ON=C(C#N)c1ccccc1Br)OP(O)(O)=S. The summed E-state index contributed by atoms with van der Waals surface area (Å²) in [6.07, 6.45) is 0. The molecule has 0 amide bonds. The molecule has 0 heterocycles. The normalized spacial score (nSPS) is 15.0. The number of rotatable bonds is 7. The van der Waals surface area contributed by atoms with E-state index >= 15 is 0 Å². The molecule has 1 aromatic rings. The van der Waals surface area contributed by atoms with Crippen molar-refractivity contribution in [3.05, 3.63) is 34.3 Å². The Morgan fingerprint density at radius 2 is 1.92 bits per heavy atom. The number of nitriles is 1. The van der Waals surface area contributed by atoms with E-state index in [9.17, 15) is 19.9 Å². The van der Waals surface area contributed by atoms with Crippen molar-refractivity contribution in [1.82, 2.24) is 0 Å². The molecule has 0 saturated heterocycles. The van der Waals surface area contributed by atoms with Crippen LogP contribution >= 0.6 is 29.4 Å². The van der Waals surface area contributed by atoms with Crippen LogP contribution in [0.15, 0.2) is 33.9 Å². The van der Waals surface area contributed by atoms with E-state index in [1.165, 1.54) is 0 Å². The van der Waals surface area contributed by atoms with Crippen LogP contribution in [0.5, 0.6) is 0 Å². The van der Waals surface area contributed by atoms with Gasteiger partial charge in [-0.25, -0.2) is 4.31 Å². The fourth-order valence-electron chi connectivity index (χ4n) is 1.65. The molecule has 0 aliphatic heterocycles. The van der Waals surface area contributed by atoms with E-state index in [1.54, 1.807) is 38.1 Å². The summed E-state index contributed by atoms with van der Waals surface area (Å²) < 4.78 is 10.7. The zero-order chi connectivity index (χ0) is 18.4. The van der Waals surface area contributed by atoms with Gasteiger partial charge >= 0.3 is 13.4 Å². The van der Waals surface area contributed by atoms with Crippen molar-refractivity contribution < 1.29 is 23.6 Å². The van der Waals surface area contributed by atoms with Crippen molar-refractivity contribution in [3.8, 4) is 6.07 Å². The summed E-state index contributed by atoms with van der Waals surface area (Å²) in [5.41, 5.74) is 0.372. The molecule has 12 heteroatoms. The van der Waals surface area contributed by atoms with Gasteiger partial charge in [0.05, 0.1) is 0 Å². The van der Waals surface area contributed by atoms with Crippen LogP contribution in [0.3, 0.4) is 0 Å². The largest absolute Gasteiger partial charge is 0.365 e. The van der Waals surface area contributed by atoms with E-state index < -0.39 is 23.5 Å². The number of oxime groups is 1. The van der Waals surface area contributed by atoms with Crippen molar-refractivity contribution in [3.63, 3.8) is 0 Å². The lowest BCUT2D eigenvalue weighted by Crippen LogP contribution is -2.06. The van der Waals surface area contributed by atoms with E-state index in [0.29, 0.717) is 21.5 Å². The summed E-state index contributed by atoms with van der Waals surface area (Å²) in [6, 6.07) is 8.74. The first-order valence-electron chi connectivity index (χ1n) is 6.65. The van der Waals surface area contributed by atoms with Crippen LogP contribution < -0.4 is 0 Å². The van der Waals surface area contributed by atoms with Crippen LogP contribution in [-0.4, -0.2) is 31.9 Å². The first-order chi connectivity index (χ1) is 11.2. The molecule has 1 atom stereocenters. The number of benzene rings is 1. The average Bonchev–Trinajstić information content (AvgIpc) is 2.48. The number of hydrogen-bond donors (Lipinski definition) is 3. The molecule has 0 aliphatic rings. The molecule has 3 N–H and O–H groups in total. The third-order valence-corrected chi connectivity index (χ3v) is 12.2. The second-order valence-corrected chi connectivity index (χ2v) is 14.2. The molecular weight excluding hydrogens is 458 g/mol. The van der Waals surface area contributed by atoms with Crippen molar-refractivity contribution in [2.45, 2.75) is 13.8 Å². The zero-order valence-electron chi connectivity index (χ0n) is 12.9. The van der Waals surface area contributed by atoms with Crippen LogP contribution in [0.2, 0.25) is 0 Å². The molecule has 134 valence electrons. The molecule has 0 bridgehead atoms. The summed E-state index contributed by atoms with van der Waals surface area (Å²) in [7, 11) is -0.833. The molecule has 0 saturated carbocycles. The molecule has 1 unspecified atom stereocenters. The number of halogens is 1. The molecule has 0 radical (unpaired) electrons. The zero-order valence-corrected chi connectivity index (χ0v) is 17.9. The quantitative estimate of drug-likeness (QED) is 0.315. The van der Waals surface area contributed by atoms with Crippen LogP contribution in [0.25, 0.3) is 0 Å². The standard InChI is InChI=1S/C12H17BrN2O5P2S2/c1-3-24(4-2)22(18,20-21(16,17)23)19-15-12(9-14)10-7-5-6-8-11(10)13/h5-8,18H,3-4H2,1-2H3,(H2,16,17,23). The van der Waals surface area contributed by atoms with Gasteiger partial charge in [0.25, 0.3) is 0 Å². The second kappa shape index (κ2) is 9.58. The van der Waals surface area contributed by atoms with E-state index in [1.807, 2.05) is 6.07 Å². The minimum Gasteiger partial charge on any atom is -0.324 e. The lowest BCUT2D eigenvalue weighted by atomic mass is 10.1.